The molecule has 0 unspecified atom stereocenters. The third-order valence-corrected chi connectivity index (χ3v) is 3.32. The maximum atomic E-state index is 11.5. The van der Waals surface area contributed by atoms with Crippen LogP contribution in [0.3, 0.4) is 0 Å². The summed E-state index contributed by atoms with van der Waals surface area (Å²) in [5.41, 5.74) is 1.14. The monoisotopic (exact) mass is 218 g/mol. The van der Waals surface area contributed by atoms with E-state index in [1.807, 2.05) is 18.2 Å². The highest BCUT2D eigenvalue weighted by atomic mass is 16.1. The number of carbonyl (C=O) groups excluding carboxylic acids is 1. The Morgan fingerprint density at radius 3 is 2.94 bits per heavy atom. The first-order valence-corrected chi connectivity index (χ1v) is 5.74. The molecular weight excluding hydrogens is 200 g/mol. The molecule has 0 saturated carbocycles. The van der Waals surface area contributed by atoms with Gasteiger partial charge in [-0.2, -0.15) is 0 Å². The summed E-state index contributed by atoms with van der Waals surface area (Å²) in [6.45, 7) is 5.72. The fraction of sp³-hybridized carbons (Fsp3) is 0.538. The number of nitrogens with zero attached hydrogens (tertiary/aromatic N) is 2. The normalized spacial score (nSPS) is 21.0. The smallest absolute Gasteiger partial charge is 0.146 e. The van der Waals surface area contributed by atoms with Gasteiger partial charge in [-0.25, -0.2) is 0 Å². The van der Waals surface area contributed by atoms with E-state index in [9.17, 15) is 4.79 Å². The number of pyridine rings is 1. The predicted molar refractivity (Wildman–Crippen MR) is 63.0 cm³/mol. The van der Waals surface area contributed by atoms with Crippen LogP contribution < -0.4 is 0 Å². The zero-order chi connectivity index (χ0) is 11.6. The largest absolute Gasteiger partial charge is 0.298 e. The Morgan fingerprint density at radius 1 is 1.44 bits per heavy atom. The Kier molecular flexibility index (Phi) is 3.06. The van der Waals surface area contributed by atoms with E-state index in [0.29, 0.717) is 18.7 Å². The number of hydrogen-bond acceptors (Lipinski definition) is 3. The van der Waals surface area contributed by atoms with Crippen LogP contribution in [0.5, 0.6) is 0 Å². The molecule has 0 spiro atoms. The van der Waals surface area contributed by atoms with Crippen molar-refractivity contribution in [3.63, 3.8) is 0 Å². The number of ketones is 1. The van der Waals surface area contributed by atoms with Gasteiger partial charge in [0, 0.05) is 24.7 Å². The molecule has 1 aromatic rings. The zero-order valence-electron chi connectivity index (χ0n) is 9.94. The first-order valence-electron chi connectivity index (χ1n) is 5.74. The molecule has 0 N–H and O–H groups in total. The van der Waals surface area contributed by atoms with E-state index in [1.165, 1.54) is 0 Å². The molecule has 1 saturated heterocycles. The second-order valence-electron chi connectivity index (χ2n) is 5.03. The molecule has 0 bridgehead atoms. The van der Waals surface area contributed by atoms with Crippen LogP contribution in [-0.4, -0.2) is 27.8 Å². The predicted octanol–water partition coefficient (Wildman–Crippen LogP) is 2.03. The molecule has 0 aliphatic carbocycles. The number of carbonyl (C=O) groups is 1. The zero-order valence-corrected chi connectivity index (χ0v) is 9.94. The van der Waals surface area contributed by atoms with Crippen LogP contribution in [0.4, 0.5) is 0 Å². The summed E-state index contributed by atoms with van der Waals surface area (Å²) in [7, 11) is 0. The highest BCUT2D eigenvalue weighted by Gasteiger charge is 2.33. The molecule has 86 valence electrons. The second-order valence-corrected chi connectivity index (χ2v) is 5.03. The molecule has 1 aliphatic rings. The minimum atomic E-state index is 0.103. The summed E-state index contributed by atoms with van der Waals surface area (Å²) in [5, 5.41) is 0. The summed E-state index contributed by atoms with van der Waals surface area (Å²) >= 11 is 0. The second kappa shape index (κ2) is 4.34. The van der Waals surface area contributed by atoms with Gasteiger partial charge in [0.25, 0.3) is 0 Å². The third kappa shape index (κ3) is 2.47. The fourth-order valence-electron chi connectivity index (χ4n) is 2.07. The highest BCUT2D eigenvalue weighted by molar-refractivity contribution is 5.81. The topological polar surface area (TPSA) is 33.2 Å². The third-order valence-electron chi connectivity index (χ3n) is 3.32. The van der Waals surface area contributed by atoms with E-state index in [4.69, 9.17) is 0 Å². The molecule has 16 heavy (non-hydrogen) atoms. The van der Waals surface area contributed by atoms with Crippen molar-refractivity contribution in [2.75, 3.05) is 6.54 Å². The van der Waals surface area contributed by atoms with Crippen LogP contribution in [-0.2, 0) is 11.3 Å². The number of rotatable bonds is 2. The van der Waals surface area contributed by atoms with Crippen LogP contribution in [0.1, 0.15) is 32.4 Å². The SMILES string of the molecule is CC1(C)CCC(=O)CN1Cc1ccccn1. The molecule has 0 aromatic carbocycles. The first kappa shape index (κ1) is 11.3. The van der Waals surface area contributed by atoms with Crippen LogP contribution in [0, 0.1) is 0 Å². The van der Waals surface area contributed by atoms with Gasteiger partial charge in [-0.15, -0.1) is 0 Å². The van der Waals surface area contributed by atoms with Crippen molar-refractivity contribution < 1.29 is 4.79 Å². The summed E-state index contributed by atoms with van der Waals surface area (Å²) < 4.78 is 0. The van der Waals surface area contributed by atoms with Gasteiger partial charge in [0.05, 0.1) is 12.2 Å². The minimum Gasteiger partial charge on any atom is -0.298 e. The molecule has 2 rings (SSSR count). The molecule has 0 amide bonds. The molecule has 3 heteroatoms. The number of aromatic nitrogens is 1. The Bertz CT molecular complexity index is 373. The van der Waals surface area contributed by atoms with Crippen LogP contribution in [0.15, 0.2) is 24.4 Å². The lowest BCUT2D eigenvalue weighted by Crippen LogP contribution is -2.50. The lowest BCUT2D eigenvalue weighted by molar-refractivity contribution is -0.126. The Balaban J connectivity index is 2.10. The van der Waals surface area contributed by atoms with E-state index in [2.05, 4.69) is 23.7 Å². The van der Waals surface area contributed by atoms with Gasteiger partial charge in [-0.3, -0.25) is 14.7 Å². The maximum Gasteiger partial charge on any atom is 0.146 e. The van der Waals surface area contributed by atoms with Gasteiger partial charge in [0.2, 0.25) is 0 Å². The summed E-state index contributed by atoms with van der Waals surface area (Å²) in [4.78, 5) is 18.0. The average molecular weight is 218 g/mol. The molecule has 1 fully saturated rings. The lowest BCUT2D eigenvalue weighted by Gasteiger charge is -2.41. The van der Waals surface area contributed by atoms with Gasteiger partial charge in [0.1, 0.15) is 5.78 Å². The Morgan fingerprint density at radius 2 is 2.25 bits per heavy atom. The number of likely N-dealkylation sites (tertiary alicyclic amines) is 1. The van der Waals surface area contributed by atoms with E-state index < -0.39 is 0 Å². The van der Waals surface area contributed by atoms with Crippen molar-refractivity contribution in [3.05, 3.63) is 30.1 Å². The van der Waals surface area contributed by atoms with Crippen molar-refractivity contribution >= 4 is 5.78 Å². The van der Waals surface area contributed by atoms with Crippen LogP contribution >= 0.6 is 0 Å². The van der Waals surface area contributed by atoms with Crippen molar-refractivity contribution in [2.45, 2.75) is 38.8 Å². The van der Waals surface area contributed by atoms with Crippen molar-refractivity contribution in [2.24, 2.45) is 0 Å². The molecular formula is C13H18N2O. The van der Waals surface area contributed by atoms with Crippen molar-refractivity contribution in [1.82, 2.24) is 9.88 Å². The van der Waals surface area contributed by atoms with Gasteiger partial charge in [0.15, 0.2) is 0 Å². The Labute approximate surface area is 96.5 Å². The Hall–Kier alpha value is -1.22. The van der Waals surface area contributed by atoms with Gasteiger partial charge < -0.3 is 0 Å². The summed E-state index contributed by atoms with van der Waals surface area (Å²) in [6, 6.07) is 5.91. The molecule has 1 aromatic heterocycles. The molecule has 2 heterocycles. The van der Waals surface area contributed by atoms with E-state index in [0.717, 1.165) is 18.7 Å². The van der Waals surface area contributed by atoms with Crippen molar-refractivity contribution in [3.8, 4) is 0 Å². The minimum absolute atomic E-state index is 0.103. The number of hydrogen-bond donors (Lipinski definition) is 0. The summed E-state index contributed by atoms with van der Waals surface area (Å²) in [6.07, 6.45) is 3.46. The molecule has 0 atom stereocenters. The van der Waals surface area contributed by atoms with E-state index >= 15 is 0 Å². The summed E-state index contributed by atoms with van der Waals surface area (Å²) in [5.74, 6) is 0.343. The quantitative estimate of drug-likeness (QED) is 0.761. The van der Waals surface area contributed by atoms with Gasteiger partial charge >= 0.3 is 0 Å². The van der Waals surface area contributed by atoms with Crippen LogP contribution in [0.25, 0.3) is 0 Å². The maximum absolute atomic E-state index is 11.5. The lowest BCUT2D eigenvalue weighted by atomic mass is 9.90. The average Bonchev–Trinajstić information content (AvgIpc) is 2.26. The molecule has 1 aliphatic heterocycles. The highest BCUT2D eigenvalue weighted by Crippen LogP contribution is 2.26. The van der Waals surface area contributed by atoms with E-state index in [-0.39, 0.29) is 5.54 Å². The number of piperidine rings is 1. The van der Waals surface area contributed by atoms with Crippen molar-refractivity contribution in [1.29, 1.82) is 0 Å². The standard InChI is InChI=1S/C13H18N2O/c1-13(2)7-6-12(16)10-15(13)9-11-5-3-4-8-14-11/h3-5,8H,6-7,9-10H2,1-2H3. The molecule has 3 nitrogen and oxygen atoms in total. The van der Waals surface area contributed by atoms with Crippen LogP contribution in [0.2, 0.25) is 0 Å². The molecule has 0 radical (unpaired) electrons. The van der Waals surface area contributed by atoms with E-state index in [1.54, 1.807) is 6.20 Å². The van der Waals surface area contributed by atoms with Gasteiger partial charge in [-0.05, 0) is 32.4 Å². The fourth-order valence-corrected chi connectivity index (χ4v) is 2.07. The van der Waals surface area contributed by atoms with Gasteiger partial charge in [-0.1, -0.05) is 6.07 Å². The number of Topliss-reactive ketones (excluding diaryl/α,β-unsaturated/α-hetero) is 1. The first-order chi connectivity index (χ1) is 7.58.